The van der Waals surface area contributed by atoms with Gasteiger partial charge in [-0.1, -0.05) is 19.9 Å². The molecule has 17 heavy (non-hydrogen) atoms. The largest absolute Gasteiger partial charge is 0.344 e. The number of carbonyl (C=O) groups excluding carboxylic acids is 1. The van der Waals surface area contributed by atoms with E-state index < -0.39 is 0 Å². The highest BCUT2D eigenvalue weighted by molar-refractivity contribution is 5.82. The molecule has 0 radical (unpaired) electrons. The SMILES string of the molecule is C=CCN1CC(C)(C)CN(C)C(=O)C1CNC. The van der Waals surface area contributed by atoms with Gasteiger partial charge in [-0.15, -0.1) is 6.58 Å². The summed E-state index contributed by atoms with van der Waals surface area (Å²) in [5, 5.41) is 3.11. The molecule has 1 atom stereocenters. The van der Waals surface area contributed by atoms with Crippen LogP contribution in [-0.2, 0) is 4.79 Å². The van der Waals surface area contributed by atoms with Gasteiger partial charge < -0.3 is 10.2 Å². The van der Waals surface area contributed by atoms with Gasteiger partial charge in [0.05, 0.1) is 0 Å². The first kappa shape index (κ1) is 14.2. The minimum absolute atomic E-state index is 0.0789. The van der Waals surface area contributed by atoms with Gasteiger partial charge in [0.15, 0.2) is 0 Å². The van der Waals surface area contributed by atoms with Gasteiger partial charge in [0, 0.05) is 33.2 Å². The third-order valence-electron chi connectivity index (χ3n) is 3.16. The Hall–Kier alpha value is -0.870. The molecule has 1 unspecified atom stereocenters. The highest BCUT2D eigenvalue weighted by Crippen LogP contribution is 2.24. The third kappa shape index (κ3) is 3.54. The van der Waals surface area contributed by atoms with Crippen molar-refractivity contribution in [1.82, 2.24) is 15.1 Å². The molecule has 98 valence electrons. The molecule has 4 heteroatoms. The van der Waals surface area contributed by atoms with E-state index in [2.05, 4.69) is 30.6 Å². The molecule has 1 aliphatic heterocycles. The smallest absolute Gasteiger partial charge is 0.241 e. The van der Waals surface area contributed by atoms with E-state index in [4.69, 9.17) is 0 Å². The lowest BCUT2D eigenvalue weighted by Crippen LogP contribution is -2.50. The van der Waals surface area contributed by atoms with Gasteiger partial charge in [0.1, 0.15) is 6.04 Å². The number of nitrogens with one attached hydrogen (secondary N) is 1. The fraction of sp³-hybridized carbons (Fsp3) is 0.769. The summed E-state index contributed by atoms with van der Waals surface area (Å²) in [6, 6.07) is -0.0789. The van der Waals surface area contributed by atoms with E-state index in [1.54, 1.807) is 0 Å². The van der Waals surface area contributed by atoms with E-state index >= 15 is 0 Å². The molecule has 0 bridgehead atoms. The molecule has 0 aromatic rings. The van der Waals surface area contributed by atoms with E-state index in [0.717, 1.165) is 19.6 Å². The molecular formula is C13H25N3O. The fourth-order valence-corrected chi connectivity index (χ4v) is 2.61. The van der Waals surface area contributed by atoms with Gasteiger partial charge >= 0.3 is 0 Å². The maximum atomic E-state index is 12.3. The van der Waals surface area contributed by atoms with Crippen LogP contribution in [0.3, 0.4) is 0 Å². The fourth-order valence-electron chi connectivity index (χ4n) is 2.61. The van der Waals surface area contributed by atoms with Gasteiger partial charge in [-0.3, -0.25) is 9.69 Å². The van der Waals surface area contributed by atoms with Crippen LogP contribution in [0.15, 0.2) is 12.7 Å². The zero-order valence-corrected chi connectivity index (χ0v) is 11.5. The van der Waals surface area contributed by atoms with Crippen LogP contribution in [0.2, 0.25) is 0 Å². The lowest BCUT2D eigenvalue weighted by atomic mass is 9.92. The predicted molar refractivity (Wildman–Crippen MR) is 70.9 cm³/mol. The van der Waals surface area contributed by atoms with E-state index in [9.17, 15) is 4.79 Å². The van der Waals surface area contributed by atoms with Crippen LogP contribution < -0.4 is 5.32 Å². The molecule has 0 saturated carbocycles. The molecule has 1 fully saturated rings. The zero-order chi connectivity index (χ0) is 13.1. The number of carbonyl (C=O) groups is 1. The molecule has 1 rings (SSSR count). The first-order valence-corrected chi connectivity index (χ1v) is 6.16. The van der Waals surface area contributed by atoms with Gasteiger partial charge in [0.25, 0.3) is 0 Å². The topological polar surface area (TPSA) is 35.6 Å². The molecule has 0 aliphatic carbocycles. The second kappa shape index (κ2) is 5.65. The Kier molecular flexibility index (Phi) is 4.71. The van der Waals surface area contributed by atoms with Crippen LogP contribution in [0.4, 0.5) is 0 Å². The summed E-state index contributed by atoms with van der Waals surface area (Å²) in [5.41, 5.74) is 0.121. The van der Waals surface area contributed by atoms with Crippen molar-refractivity contribution in [2.45, 2.75) is 19.9 Å². The first-order chi connectivity index (χ1) is 7.91. The summed E-state index contributed by atoms with van der Waals surface area (Å²) < 4.78 is 0. The van der Waals surface area contributed by atoms with E-state index in [1.165, 1.54) is 0 Å². The summed E-state index contributed by atoms with van der Waals surface area (Å²) in [6.45, 7) is 11.4. The van der Waals surface area contributed by atoms with Gasteiger partial charge in [-0.25, -0.2) is 0 Å². The highest BCUT2D eigenvalue weighted by Gasteiger charge is 2.37. The second-order valence-corrected chi connectivity index (χ2v) is 5.65. The number of likely N-dealkylation sites (N-methyl/N-ethyl adjacent to an activating group) is 2. The Labute approximate surface area is 105 Å². The highest BCUT2D eigenvalue weighted by atomic mass is 16.2. The lowest BCUT2D eigenvalue weighted by molar-refractivity contribution is -0.134. The lowest BCUT2D eigenvalue weighted by Gasteiger charge is -2.31. The van der Waals surface area contributed by atoms with Crippen LogP contribution >= 0.6 is 0 Å². The molecule has 0 spiro atoms. The van der Waals surface area contributed by atoms with Crippen LogP contribution in [-0.4, -0.2) is 62.0 Å². The van der Waals surface area contributed by atoms with Crippen molar-refractivity contribution in [2.75, 3.05) is 40.3 Å². The normalized spacial score (nSPS) is 25.8. The number of hydrogen-bond donors (Lipinski definition) is 1. The Morgan fingerprint density at radius 1 is 1.53 bits per heavy atom. The van der Waals surface area contributed by atoms with Crippen molar-refractivity contribution < 1.29 is 4.79 Å². The van der Waals surface area contributed by atoms with Crippen molar-refractivity contribution in [3.8, 4) is 0 Å². The Balaban J connectivity index is 2.95. The predicted octanol–water partition coefficient (Wildman–Crippen LogP) is 0.561. The average molecular weight is 239 g/mol. The zero-order valence-electron chi connectivity index (χ0n) is 11.5. The number of amides is 1. The van der Waals surface area contributed by atoms with E-state index in [0.29, 0.717) is 6.54 Å². The van der Waals surface area contributed by atoms with Crippen molar-refractivity contribution in [3.05, 3.63) is 12.7 Å². The summed E-state index contributed by atoms with van der Waals surface area (Å²) in [4.78, 5) is 16.4. The Bertz CT molecular complexity index is 288. The summed E-state index contributed by atoms with van der Waals surface area (Å²) in [5.74, 6) is 0.201. The molecule has 1 aliphatic rings. The summed E-state index contributed by atoms with van der Waals surface area (Å²) in [7, 11) is 3.78. The number of nitrogens with zero attached hydrogens (tertiary/aromatic N) is 2. The summed E-state index contributed by atoms with van der Waals surface area (Å²) >= 11 is 0. The minimum Gasteiger partial charge on any atom is -0.344 e. The monoisotopic (exact) mass is 239 g/mol. The van der Waals surface area contributed by atoms with Crippen molar-refractivity contribution in [3.63, 3.8) is 0 Å². The van der Waals surface area contributed by atoms with Gasteiger partial charge in [-0.2, -0.15) is 0 Å². The standard InChI is InChI=1S/C13H25N3O/c1-6-7-16-10-13(2,3)9-15(5)12(17)11(16)8-14-4/h6,11,14H,1,7-10H2,2-5H3. The molecule has 1 heterocycles. The van der Waals surface area contributed by atoms with Crippen molar-refractivity contribution in [1.29, 1.82) is 0 Å². The average Bonchev–Trinajstić information content (AvgIpc) is 2.29. The maximum Gasteiger partial charge on any atom is 0.241 e. The molecule has 0 aromatic heterocycles. The Morgan fingerprint density at radius 3 is 2.71 bits per heavy atom. The molecular weight excluding hydrogens is 214 g/mol. The van der Waals surface area contributed by atoms with Crippen LogP contribution in [0.5, 0.6) is 0 Å². The van der Waals surface area contributed by atoms with E-state index in [-0.39, 0.29) is 17.4 Å². The minimum atomic E-state index is -0.0789. The number of hydrogen-bond acceptors (Lipinski definition) is 3. The van der Waals surface area contributed by atoms with Crippen LogP contribution in [0.25, 0.3) is 0 Å². The number of rotatable bonds is 4. The maximum absolute atomic E-state index is 12.3. The molecule has 4 nitrogen and oxygen atoms in total. The quantitative estimate of drug-likeness (QED) is 0.728. The third-order valence-corrected chi connectivity index (χ3v) is 3.16. The summed E-state index contributed by atoms with van der Waals surface area (Å²) in [6.07, 6.45) is 1.87. The second-order valence-electron chi connectivity index (χ2n) is 5.65. The van der Waals surface area contributed by atoms with Crippen LogP contribution in [0, 0.1) is 5.41 Å². The Morgan fingerprint density at radius 2 is 2.18 bits per heavy atom. The van der Waals surface area contributed by atoms with Crippen LogP contribution in [0.1, 0.15) is 13.8 Å². The van der Waals surface area contributed by atoms with Crippen molar-refractivity contribution >= 4 is 5.91 Å². The first-order valence-electron chi connectivity index (χ1n) is 6.16. The molecule has 0 aromatic carbocycles. The molecule has 1 saturated heterocycles. The molecule has 1 amide bonds. The van der Waals surface area contributed by atoms with Crippen molar-refractivity contribution in [2.24, 2.45) is 5.41 Å². The molecule has 1 N–H and O–H groups in total. The van der Waals surface area contributed by atoms with Gasteiger partial charge in [0.2, 0.25) is 5.91 Å². The van der Waals surface area contributed by atoms with Gasteiger partial charge in [-0.05, 0) is 12.5 Å². The van der Waals surface area contributed by atoms with E-state index in [1.807, 2.05) is 25.1 Å².